The smallest absolute Gasteiger partial charge is 0.226 e. The van der Waals surface area contributed by atoms with E-state index in [2.05, 4.69) is 34.4 Å². The van der Waals surface area contributed by atoms with E-state index in [4.69, 9.17) is 25.7 Å². The van der Waals surface area contributed by atoms with Crippen molar-refractivity contribution in [1.29, 1.82) is 0 Å². The Labute approximate surface area is 199 Å². The lowest BCUT2D eigenvalue weighted by molar-refractivity contribution is 0.191. The van der Waals surface area contributed by atoms with E-state index >= 15 is 0 Å². The summed E-state index contributed by atoms with van der Waals surface area (Å²) in [7, 11) is 1.64. The summed E-state index contributed by atoms with van der Waals surface area (Å²) in [4.78, 5) is 13.7. The molecule has 4 rings (SSSR count). The fraction of sp³-hybridized carbons (Fsp3) is 0.542. The van der Waals surface area contributed by atoms with Gasteiger partial charge >= 0.3 is 0 Å². The monoisotopic (exact) mass is 473 g/mol. The van der Waals surface area contributed by atoms with Crippen molar-refractivity contribution in [2.45, 2.75) is 40.2 Å². The highest BCUT2D eigenvalue weighted by Crippen LogP contribution is 2.42. The Morgan fingerprint density at radius 1 is 1.18 bits per heavy atom. The van der Waals surface area contributed by atoms with Gasteiger partial charge in [0.2, 0.25) is 5.95 Å². The summed E-state index contributed by atoms with van der Waals surface area (Å²) in [6.45, 7) is 9.55. The molecule has 33 heavy (non-hydrogen) atoms. The van der Waals surface area contributed by atoms with Crippen LogP contribution in [0.3, 0.4) is 0 Å². The largest absolute Gasteiger partial charge is 0.454 e. The van der Waals surface area contributed by atoms with Crippen LogP contribution in [0.2, 0.25) is 5.15 Å². The zero-order valence-corrected chi connectivity index (χ0v) is 20.5. The number of aromatic nitrogens is 3. The number of halogens is 1. The maximum atomic E-state index is 9.79. The maximum Gasteiger partial charge on any atom is 0.226 e. The Bertz CT molecular complexity index is 1130. The van der Waals surface area contributed by atoms with Gasteiger partial charge in [-0.25, -0.2) is 4.98 Å². The predicted molar refractivity (Wildman–Crippen MR) is 131 cm³/mol. The summed E-state index contributed by atoms with van der Waals surface area (Å²) >= 11 is 6.71. The highest BCUT2D eigenvalue weighted by molar-refractivity contribution is 6.32. The van der Waals surface area contributed by atoms with Gasteiger partial charge in [0.1, 0.15) is 16.7 Å². The van der Waals surface area contributed by atoms with Gasteiger partial charge in [-0.1, -0.05) is 25.4 Å². The third-order valence-corrected chi connectivity index (χ3v) is 7.09. The summed E-state index contributed by atoms with van der Waals surface area (Å²) in [5, 5.41) is 17.8. The minimum atomic E-state index is 0.142. The molecule has 3 heterocycles. The molecule has 0 spiro atoms. The predicted octanol–water partition coefficient (Wildman–Crippen LogP) is 4.68. The molecular formula is C24H32ClN5O3. The highest BCUT2D eigenvalue weighted by atomic mass is 35.5. The topological polar surface area (TPSA) is 105 Å². The molecule has 8 nitrogen and oxygen atoms in total. The molecule has 0 saturated heterocycles. The molecule has 0 bridgehead atoms. The van der Waals surface area contributed by atoms with E-state index in [9.17, 15) is 5.11 Å². The first kappa shape index (κ1) is 23.7. The molecule has 9 heteroatoms. The Morgan fingerprint density at radius 2 is 1.97 bits per heavy atom. The number of methoxy groups -OCH3 is 1. The summed E-state index contributed by atoms with van der Waals surface area (Å²) in [6.07, 6.45) is 0.856. The fourth-order valence-electron chi connectivity index (χ4n) is 4.75. The van der Waals surface area contributed by atoms with Gasteiger partial charge in [0.25, 0.3) is 0 Å². The van der Waals surface area contributed by atoms with Gasteiger partial charge in [-0.2, -0.15) is 4.98 Å². The summed E-state index contributed by atoms with van der Waals surface area (Å²) in [6, 6.07) is 4.09. The summed E-state index contributed by atoms with van der Waals surface area (Å²) in [5.41, 5.74) is 3.09. The van der Waals surface area contributed by atoms with Crippen molar-refractivity contribution < 1.29 is 14.3 Å². The minimum absolute atomic E-state index is 0.142. The summed E-state index contributed by atoms with van der Waals surface area (Å²) in [5.74, 6) is 2.63. The SMILES string of the molecule is COCCNc1nc(Cl)c(-c2cc3cc(C)nc(C)c3o2)c(NC2CC(CO)C(C)C2C)n1. The standard InChI is InChI=1S/C24H32ClN5O3/c1-12-8-16-10-19(33-21(16)15(4)27-12)20-22(25)29-24(26-6-7-32-5)30-23(20)28-18-9-17(11-31)13(2)14(18)3/h8,10,13-14,17-18,31H,6-7,9,11H2,1-5H3,(H2,26,28,29,30). The number of aliphatic hydroxyl groups is 1. The number of hydrogen-bond donors (Lipinski definition) is 3. The van der Waals surface area contributed by atoms with Gasteiger partial charge in [0.15, 0.2) is 5.58 Å². The number of pyridine rings is 1. The maximum absolute atomic E-state index is 9.79. The van der Waals surface area contributed by atoms with Crippen molar-refractivity contribution >= 4 is 34.3 Å². The molecule has 4 unspecified atom stereocenters. The first-order valence-electron chi connectivity index (χ1n) is 11.4. The van der Waals surface area contributed by atoms with Crippen LogP contribution in [0, 0.1) is 31.6 Å². The zero-order valence-electron chi connectivity index (χ0n) is 19.8. The lowest BCUT2D eigenvalue weighted by Gasteiger charge is -2.22. The molecule has 3 aromatic rings. The van der Waals surface area contributed by atoms with Crippen molar-refractivity contribution in [3.63, 3.8) is 0 Å². The third-order valence-electron chi connectivity index (χ3n) is 6.82. The van der Waals surface area contributed by atoms with Crippen LogP contribution < -0.4 is 10.6 Å². The van der Waals surface area contributed by atoms with E-state index in [0.717, 1.165) is 28.8 Å². The molecule has 1 saturated carbocycles. The Balaban J connectivity index is 1.76. The van der Waals surface area contributed by atoms with E-state index in [1.54, 1.807) is 7.11 Å². The number of anilines is 2. The van der Waals surface area contributed by atoms with Crippen LogP contribution in [0.1, 0.15) is 31.7 Å². The normalized spacial score (nSPS) is 22.8. The second kappa shape index (κ2) is 9.83. The van der Waals surface area contributed by atoms with Crippen LogP contribution in [0.25, 0.3) is 22.3 Å². The van der Waals surface area contributed by atoms with E-state index < -0.39 is 0 Å². The summed E-state index contributed by atoms with van der Waals surface area (Å²) < 4.78 is 11.3. The fourth-order valence-corrected chi connectivity index (χ4v) is 5.01. The molecule has 3 N–H and O–H groups in total. The molecule has 3 aromatic heterocycles. The van der Waals surface area contributed by atoms with Gasteiger partial charge in [-0.05, 0) is 50.2 Å². The Morgan fingerprint density at radius 3 is 2.67 bits per heavy atom. The second-order valence-corrected chi connectivity index (χ2v) is 9.36. The van der Waals surface area contributed by atoms with Crippen LogP contribution in [0.5, 0.6) is 0 Å². The average Bonchev–Trinajstić information content (AvgIpc) is 3.30. The van der Waals surface area contributed by atoms with Gasteiger partial charge in [-0.15, -0.1) is 0 Å². The number of ether oxygens (including phenoxy) is 1. The molecule has 0 aromatic carbocycles. The molecule has 1 aliphatic carbocycles. The van der Waals surface area contributed by atoms with Crippen LogP contribution in [0.15, 0.2) is 16.5 Å². The van der Waals surface area contributed by atoms with Gasteiger partial charge in [-0.3, -0.25) is 4.98 Å². The zero-order chi connectivity index (χ0) is 23.7. The van der Waals surface area contributed by atoms with E-state index in [-0.39, 0.29) is 18.6 Å². The number of furan rings is 1. The Kier molecular flexibility index (Phi) is 7.07. The Hall–Kier alpha value is -2.42. The van der Waals surface area contributed by atoms with Gasteiger partial charge in [0.05, 0.1) is 17.9 Å². The van der Waals surface area contributed by atoms with Crippen LogP contribution in [0.4, 0.5) is 11.8 Å². The minimum Gasteiger partial charge on any atom is -0.454 e. The third kappa shape index (κ3) is 4.78. The highest BCUT2D eigenvalue weighted by Gasteiger charge is 2.38. The molecule has 1 aliphatic rings. The molecule has 178 valence electrons. The van der Waals surface area contributed by atoms with Crippen molar-refractivity contribution in [3.05, 3.63) is 28.7 Å². The van der Waals surface area contributed by atoms with Crippen molar-refractivity contribution in [2.24, 2.45) is 17.8 Å². The van der Waals surface area contributed by atoms with Gasteiger partial charge < -0.3 is 24.9 Å². The lowest BCUT2D eigenvalue weighted by atomic mass is 9.92. The van der Waals surface area contributed by atoms with Gasteiger partial charge in [0, 0.05) is 37.4 Å². The number of nitrogens with zero attached hydrogens (tertiary/aromatic N) is 3. The molecule has 0 aliphatic heterocycles. The van der Waals surface area contributed by atoms with E-state index in [0.29, 0.717) is 53.2 Å². The quantitative estimate of drug-likeness (QED) is 0.320. The van der Waals surface area contributed by atoms with Crippen LogP contribution in [-0.2, 0) is 4.74 Å². The van der Waals surface area contributed by atoms with Crippen LogP contribution >= 0.6 is 11.6 Å². The number of hydrogen-bond acceptors (Lipinski definition) is 8. The number of nitrogens with one attached hydrogen (secondary N) is 2. The average molecular weight is 474 g/mol. The number of fused-ring (bicyclic) bond motifs is 1. The molecule has 1 fully saturated rings. The first-order valence-corrected chi connectivity index (χ1v) is 11.8. The van der Waals surface area contributed by atoms with E-state index in [1.165, 1.54) is 0 Å². The molecule has 4 atom stereocenters. The molecular weight excluding hydrogens is 442 g/mol. The molecule has 0 radical (unpaired) electrons. The van der Waals surface area contributed by atoms with Crippen molar-refractivity contribution in [2.75, 3.05) is 37.5 Å². The number of aryl methyl sites for hydroxylation is 2. The van der Waals surface area contributed by atoms with Crippen molar-refractivity contribution in [3.8, 4) is 11.3 Å². The molecule has 0 amide bonds. The van der Waals surface area contributed by atoms with E-state index in [1.807, 2.05) is 26.0 Å². The number of rotatable bonds is 8. The van der Waals surface area contributed by atoms with Crippen LogP contribution in [-0.4, -0.2) is 53.0 Å². The van der Waals surface area contributed by atoms with Crippen molar-refractivity contribution in [1.82, 2.24) is 15.0 Å². The second-order valence-electron chi connectivity index (χ2n) is 9.01. The lowest BCUT2D eigenvalue weighted by Crippen LogP contribution is -2.25. The first-order chi connectivity index (χ1) is 15.8. The number of aliphatic hydroxyl groups excluding tert-OH is 1.